The highest BCUT2D eigenvalue weighted by atomic mass is 28.3. The maximum atomic E-state index is 13.0. The van der Waals surface area contributed by atoms with Gasteiger partial charge in [0.1, 0.15) is 0 Å². The number of carbonyl (C=O) groups is 1. The van der Waals surface area contributed by atoms with Crippen molar-refractivity contribution in [2.24, 2.45) is 0 Å². The molecule has 0 radical (unpaired) electrons. The van der Waals surface area contributed by atoms with E-state index in [1.54, 1.807) is 24.3 Å². The smallest absolute Gasteiger partial charge is 0.273 e. The number of ketones is 1. The molecular formula is C21H26N2O3Si. The predicted octanol–water partition coefficient (Wildman–Crippen LogP) is 3.78. The van der Waals surface area contributed by atoms with Crippen LogP contribution in [0.15, 0.2) is 36.4 Å². The molecule has 1 heterocycles. The molecule has 1 fully saturated rings. The zero-order chi connectivity index (χ0) is 19.7. The van der Waals surface area contributed by atoms with Gasteiger partial charge in [-0.3, -0.25) is 19.8 Å². The Morgan fingerprint density at radius 3 is 2.74 bits per heavy atom. The number of para-hydroxylation sites is 1. The third-order valence-corrected chi connectivity index (χ3v) is 6.72. The van der Waals surface area contributed by atoms with Gasteiger partial charge >= 0.3 is 0 Å². The van der Waals surface area contributed by atoms with E-state index in [4.69, 9.17) is 0 Å². The number of nitrogens with zero attached hydrogens (tertiary/aromatic N) is 2. The van der Waals surface area contributed by atoms with Crippen molar-refractivity contribution in [3.05, 3.63) is 52.1 Å². The first-order valence-electron chi connectivity index (χ1n) is 9.40. The Bertz CT molecular complexity index is 847. The first-order valence-corrected chi connectivity index (χ1v) is 13.1. The molecule has 142 valence electrons. The minimum absolute atomic E-state index is 0.0226. The molecule has 1 saturated heterocycles. The molecule has 1 aromatic rings. The zero-order valence-corrected chi connectivity index (χ0v) is 17.2. The molecule has 2 aliphatic rings. The molecule has 2 atom stereocenters. The number of hydrogen-bond acceptors (Lipinski definition) is 4. The Labute approximate surface area is 161 Å². The Kier molecular flexibility index (Phi) is 5.36. The van der Waals surface area contributed by atoms with Crippen molar-refractivity contribution >= 4 is 19.5 Å². The van der Waals surface area contributed by atoms with E-state index in [1.165, 1.54) is 6.07 Å². The van der Waals surface area contributed by atoms with E-state index in [-0.39, 0.29) is 22.4 Å². The summed E-state index contributed by atoms with van der Waals surface area (Å²) in [5, 5.41) is 11.6. The van der Waals surface area contributed by atoms with Crippen LogP contribution in [0.3, 0.4) is 0 Å². The van der Waals surface area contributed by atoms with Crippen LogP contribution in [-0.4, -0.2) is 42.8 Å². The van der Waals surface area contributed by atoms with E-state index in [1.807, 2.05) is 6.08 Å². The highest BCUT2D eigenvalue weighted by Crippen LogP contribution is 2.47. The summed E-state index contributed by atoms with van der Waals surface area (Å²) in [7, 11) is -1.20. The normalized spacial score (nSPS) is 25.0. The summed E-state index contributed by atoms with van der Waals surface area (Å²) in [5.41, 5.74) is -0.247. The lowest BCUT2D eigenvalue weighted by atomic mass is 9.67. The Morgan fingerprint density at radius 2 is 2.04 bits per heavy atom. The fourth-order valence-electron chi connectivity index (χ4n) is 4.18. The minimum Gasteiger partial charge on any atom is -0.294 e. The first-order chi connectivity index (χ1) is 12.8. The summed E-state index contributed by atoms with van der Waals surface area (Å²) in [6, 6.07) is 7.59. The number of hydrogen-bond donors (Lipinski definition) is 0. The summed E-state index contributed by atoms with van der Waals surface area (Å²) in [6.45, 7) is 8.22. The summed E-state index contributed by atoms with van der Waals surface area (Å²) in [5.74, 6) is 6.56. The highest BCUT2D eigenvalue weighted by molar-refractivity contribution is 6.76. The van der Waals surface area contributed by atoms with Gasteiger partial charge in [0.2, 0.25) is 0 Å². The zero-order valence-electron chi connectivity index (χ0n) is 16.2. The van der Waals surface area contributed by atoms with Gasteiger partial charge in [-0.1, -0.05) is 49.8 Å². The van der Waals surface area contributed by atoms with E-state index in [0.29, 0.717) is 24.9 Å². The molecule has 1 aliphatic carbocycles. The van der Waals surface area contributed by atoms with Crippen molar-refractivity contribution in [1.82, 2.24) is 4.90 Å². The summed E-state index contributed by atoms with van der Waals surface area (Å²) in [4.78, 5) is 26.5. The molecular weight excluding hydrogens is 356 g/mol. The summed E-state index contributed by atoms with van der Waals surface area (Å²) < 4.78 is 0. The van der Waals surface area contributed by atoms with Gasteiger partial charge in [0, 0.05) is 30.3 Å². The second kappa shape index (κ2) is 7.41. The average molecular weight is 383 g/mol. The molecule has 0 bridgehead atoms. The van der Waals surface area contributed by atoms with E-state index in [9.17, 15) is 14.9 Å². The van der Waals surface area contributed by atoms with E-state index < -0.39 is 13.5 Å². The van der Waals surface area contributed by atoms with E-state index in [2.05, 4.69) is 36.4 Å². The number of nitro groups is 1. The molecule has 0 spiro atoms. The van der Waals surface area contributed by atoms with Gasteiger partial charge in [0.15, 0.2) is 5.78 Å². The maximum absolute atomic E-state index is 13.0. The third kappa shape index (κ3) is 3.75. The van der Waals surface area contributed by atoms with Gasteiger partial charge in [-0.15, -0.1) is 5.92 Å². The van der Waals surface area contributed by atoms with Gasteiger partial charge in [-0.25, -0.2) is 0 Å². The lowest BCUT2D eigenvalue weighted by molar-refractivity contribution is -0.386. The van der Waals surface area contributed by atoms with Crippen molar-refractivity contribution in [2.45, 2.75) is 50.0 Å². The van der Waals surface area contributed by atoms with Crippen LogP contribution in [-0.2, 0) is 10.2 Å². The van der Waals surface area contributed by atoms with Crippen molar-refractivity contribution in [2.75, 3.05) is 13.1 Å². The van der Waals surface area contributed by atoms with E-state index >= 15 is 0 Å². The molecule has 1 aliphatic heterocycles. The predicted molar refractivity (Wildman–Crippen MR) is 109 cm³/mol. The van der Waals surface area contributed by atoms with Crippen LogP contribution >= 0.6 is 0 Å². The van der Waals surface area contributed by atoms with Gasteiger partial charge in [0.25, 0.3) is 5.69 Å². The fourth-order valence-corrected chi connectivity index (χ4v) is 4.83. The lowest BCUT2D eigenvalue weighted by Crippen LogP contribution is -2.49. The molecule has 6 heteroatoms. The van der Waals surface area contributed by atoms with Gasteiger partial charge < -0.3 is 0 Å². The Balaban J connectivity index is 1.93. The van der Waals surface area contributed by atoms with Crippen LogP contribution in [0, 0.1) is 22.0 Å². The quantitative estimate of drug-likeness (QED) is 0.344. The van der Waals surface area contributed by atoms with Gasteiger partial charge in [0.05, 0.1) is 25.0 Å². The number of benzene rings is 1. The molecule has 0 amide bonds. The number of carbonyl (C=O) groups excluding carboxylic acids is 1. The molecule has 0 aromatic heterocycles. The van der Waals surface area contributed by atoms with Crippen LogP contribution in [0.4, 0.5) is 5.69 Å². The number of fused-ring (bicyclic) bond motifs is 1. The number of allylic oxidation sites excluding steroid dienone is 1. The van der Waals surface area contributed by atoms with Crippen LogP contribution in [0.5, 0.6) is 0 Å². The number of likely N-dealkylation sites (tertiary alicyclic amines) is 1. The van der Waals surface area contributed by atoms with Crippen molar-refractivity contribution < 1.29 is 9.72 Å². The van der Waals surface area contributed by atoms with Crippen molar-refractivity contribution in [3.8, 4) is 11.8 Å². The molecule has 3 rings (SSSR count). The largest absolute Gasteiger partial charge is 0.294 e. The van der Waals surface area contributed by atoms with Crippen LogP contribution in [0.1, 0.15) is 18.4 Å². The van der Waals surface area contributed by atoms with Crippen LogP contribution < -0.4 is 0 Å². The second-order valence-corrected chi connectivity index (χ2v) is 14.1. The van der Waals surface area contributed by atoms with Crippen LogP contribution in [0.25, 0.3) is 0 Å². The van der Waals surface area contributed by atoms with E-state index in [0.717, 1.165) is 12.6 Å². The number of rotatable bonds is 4. The maximum Gasteiger partial charge on any atom is 0.273 e. The molecule has 27 heavy (non-hydrogen) atoms. The van der Waals surface area contributed by atoms with Crippen molar-refractivity contribution in [1.29, 1.82) is 0 Å². The molecule has 0 saturated carbocycles. The Morgan fingerprint density at radius 1 is 1.30 bits per heavy atom. The van der Waals surface area contributed by atoms with Gasteiger partial charge in [-0.05, 0) is 18.9 Å². The molecule has 0 unspecified atom stereocenters. The number of nitro benzene ring substituents is 1. The minimum atomic E-state index is -1.20. The first kappa shape index (κ1) is 19.5. The fraction of sp³-hybridized carbons (Fsp3) is 0.476. The molecule has 5 nitrogen and oxygen atoms in total. The lowest BCUT2D eigenvalue weighted by Gasteiger charge is -2.37. The topological polar surface area (TPSA) is 63.4 Å². The van der Waals surface area contributed by atoms with Crippen molar-refractivity contribution in [3.63, 3.8) is 0 Å². The van der Waals surface area contributed by atoms with Crippen LogP contribution in [0.2, 0.25) is 25.7 Å². The Hall–Kier alpha value is -2.23. The summed E-state index contributed by atoms with van der Waals surface area (Å²) >= 11 is 0. The monoisotopic (exact) mass is 382 g/mol. The summed E-state index contributed by atoms with van der Waals surface area (Å²) in [6.07, 6.45) is 4.82. The molecule has 1 aromatic carbocycles. The second-order valence-electron chi connectivity index (χ2n) is 8.58. The highest BCUT2D eigenvalue weighted by Gasteiger charge is 2.55. The van der Waals surface area contributed by atoms with Gasteiger partial charge in [-0.2, -0.15) is 0 Å². The standard InChI is InChI=1S/C21H26N2O3Si/c1-27(2,3)16-7-6-14-22-15-13-21(19(22)11-8-12-20(21)24)17-9-4-5-10-18(17)23(25)26/h4-5,8-10,12,19H,11,13-16H2,1-3H3/t19-,21+/m0/s1. The third-order valence-electron chi connectivity index (χ3n) is 5.48. The SMILES string of the molecule is C[Si](C)(C)CC#CCN1CC[C@]2(c3ccccc3[N+](=O)[O-])C(=O)C=CC[C@H]12. The molecule has 0 N–H and O–H groups in total. The average Bonchev–Trinajstić information content (AvgIpc) is 2.99.